The van der Waals surface area contributed by atoms with Crippen LogP contribution in [0, 0.1) is 10.1 Å². The Kier molecular flexibility index (Phi) is 8.27. The molecule has 0 aliphatic heterocycles. The predicted molar refractivity (Wildman–Crippen MR) is 149 cm³/mol. The number of rotatable bonds is 10. The van der Waals surface area contributed by atoms with Crippen LogP contribution in [0.2, 0.25) is 0 Å². The number of hydrogen-bond acceptors (Lipinski definition) is 8. The molecule has 0 bridgehead atoms. The molecule has 0 unspecified atom stereocenters. The number of nitrogens with zero attached hydrogens (tertiary/aromatic N) is 5. The van der Waals surface area contributed by atoms with Crippen molar-refractivity contribution in [3.05, 3.63) is 103 Å². The van der Waals surface area contributed by atoms with E-state index in [2.05, 4.69) is 37.6 Å². The third kappa shape index (κ3) is 5.78. The summed E-state index contributed by atoms with van der Waals surface area (Å²) >= 11 is 3.41. The maximum Gasteiger partial charge on any atom is 0.287 e. The molecule has 0 aliphatic rings. The molecule has 0 saturated heterocycles. The summed E-state index contributed by atoms with van der Waals surface area (Å²) in [6.07, 6.45) is 5.36. The van der Waals surface area contributed by atoms with Gasteiger partial charge in [0.05, 0.1) is 28.6 Å². The topological polar surface area (TPSA) is 122 Å². The third-order valence-electron chi connectivity index (χ3n) is 5.47. The van der Waals surface area contributed by atoms with Crippen LogP contribution in [0.1, 0.15) is 30.8 Å². The summed E-state index contributed by atoms with van der Waals surface area (Å²) < 4.78 is 13.9. The van der Waals surface area contributed by atoms with Crippen molar-refractivity contribution in [2.75, 3.05) is 6.61 Å². The Bertz CT molecular complexity index is 1600. The zero-order chi connectivity index (χ0) is 27.2. The van der Waals surface area contributed by atoms with Gasteiger partial charge in [0.25, 0.3) is 11.2 Å². The van der Waals surface area contributed by atoms with Gasteiger partial charge in [0.1, 0.15) is 12.0 Å². The second-order valence-electron chi connectivity index (χ2n) is 8.05. The fourth-order valence-electron chi connectivity index (χ4n) is 3.76. The second-order valence-corrected chi connectivity index (χ2v) is 8.97. The van der Waals surface area contributed by atoms with Crippen LogP contribution >= 0.6 is 15.9 Å². The largest absolute Gasteiger partial charge is 0.490 e. The van der Waals surface area contributed by atoms with Gasteiger partial charge in [-0.15, -0.1) is 6.58 Å². The highest BCUT2D eigenvalue weighted by Gasteiger charge is 2.16. The Balaban J connectivity index is 1.77. The number of hydrogen-bond donors (Lipinski definition) is 0. The van der Waals surface area contributed by atoms with Crippen LogP contribution in [0.5, 0.6) is 17.4 Å². The zero-order valence-corrected chi connectivity index (χ0v) is 22.3. The molecule has 2 heterocycles. The van der Waals surface area contributed by atoms with Gasteiger partial charge in [-0.25, -0.2) is 9.97 Å². The van der Waals surface area contributed by atoms with E-state index in [1.54, 1.807) is 30.5 Å². The Hall–Kier alpha value is -4.38. The Labute approximate surface area is 226 Å². The number of pyridine rings is 1. The molecule has 0 atom stereocenters. The average Bonchev–Trinajstić information content (AvgIpc) is 2.90. The van der Waals surface area contributed by atoms with Crippen molar-refractivity contribution in [2.45, 2.75) is 26.7 Å². The number of ether oxygens (including phenoxy) is 2. The molecule has 4 aromatic rings. The van der Waals surface area contributed by atoms with E-state index in [1.807, 2.05) is 26.0 Å². The second kappa shape index (κ2) is 11.8. The van der Waals surface area contributed by atoms with E-state index in [0.717, 1.165) is 16.2 Å². The molecule has 0 aliphatic carbocycles. The lowest BCUT2D eigenvalue weighted by Gasteiger charge is -2.16. The summed E-state index contributed by atoms with van der Waals surface area (Å²) in [6.45, 7) is 7.94. The number of halogens is 1. The summed E-state index contributed by atoms with van der Waals surface area (Å²) in [7, 11) is 0. The van der Waals surface area contributed by atoms with Crippen LogP contribution < -0.4 is 15.0 Å². The van der Waals surface area contributed by atoms with Crippen molar-refractivity contribution in [1.82, 2.24) is 14.6 Å². The molecule has 38 heavy (non-hydrogen) atoms. The SMILES string of the molecule is C=CCc1cc(C=Nn2c(CC)nc3ccc(Br)cc3c2=O)cc(OCC)c1Oc1ccc([N+](=O)[O-])cn1. The van der Waals surface area contributed by atoms with Gasteiger partial charge < -0.3 is 9.47 Å². The summed E-state index contributed by atoms with van der Waals surface area (Å²) in [5.41, 5.74) is 1.59. The van der Waals surface area contributed by atoms with E-state index in [9.17, 15) is 14.9 Å². The molecule has 0 fully saturated rings. The highest BCUT2D eigenvalue weighted by atomic mass is 79.9. The first kappa shape index (κ1) is 26.7. The molecule has 11 heteroatoms. The molecule has 194 valence electrons. The van der Waals surface area contributed by atoms with E-state index in [4.69, 9.17) is 9.47 Å². The number of nitro groups is 1. The van der Waals surface area contributed by atoms with E-state index in [-0.39, 0.29) is 17.1 Å². The number of fused-ring (bicyclic) bond motifs is 1. The molecular formula is C27H24BrN5O5. The highest BCUT2D eigenvalue weighted by Crippen LogP contribution is 2.36. The first-order valence-electron chi connectivity index (χ1n) is 11.8. The van der Waals surface area contributed by atoms with Crippen molar-refractivity contribution in [2.24, 2.45) is 5.10 Å². The van der Waals surface area contributed by atoms with Gasteiger partial charge in [0, 0.05) is 28.6 Å². The molecular weight excluding hydrogens is 554 g/mol. The summed E-state index contributed by atoms with van der Waals surface area (Å²) in [6, 6.07) is 11.7. The quantitative estimate of drug-likeness (QED) is 0.101. The number of allylic oxidation sites excluding steroid dienone is 1. The number of aromatic nitrogens is 3. The molecule has 0 N–H and O–H groups in total. The van der Waals surface area contributed by atoms with Crippen LogP contribution in [-0.2, 0) is 12.8 Å². The standard InChI is InChI=1S/C27H24BrN5O5/c1-4-7-18-12-17(13-23(37-6-3)26(18)38-25-11-9-20(16-29-25)33(35)36)15-30-32-24(5-2)31-22-10-8-19(28)14-21(22)27(32)34/h4,8-16H,1,5-7H2,2-3H3. The van der Waals surface area contributed by atoms with Gasteiger partial charge in [-0.1, -0.05) is 28.9 Å². The lowest BCUT2D eigenvalue weighted by atomic mass is 10.1. The summed E-state index contributed by atoms with van der Waals surface area (Å²) in [5.74, 6) is 1.54. The van der Waals surface area contributed by atoms with Gasteiger partial charge in [-0.3, -0.25) is 14.9 Å². The lowest BCUT2D eigenvalue weighted by molar-refractivity contribution is -0.385. The van der Waals surface area contributed by atoms with Gasteiger partial charge >= 0.3 is 0 Å². The first-order valence-corrected chi connectivity index (χ1v) is 12.6. The van der Waals surface area contributed by atoms with Gasteiger partial charge in [-0.05, 0) is 49.2 Å². The molecule has 0 spiro atoms. The molecule has 4 rings (SSSR count). The van der Waals surface area contributed by atoms with Crippen molar-refractivity contribution in [1.29, 1.82) is 0 Å². The van der Waals surface area contributed by atoms with Crippen LogP contribution in [0.3, 0.4) is 0 Å². The molecule has 0 saturated carbocycles. The van der Waals surface area contributed by atoms with Gasteiger partial charge in [-0.2, -0.15) is 9.78 Å². The lowest BCUT2D eigenvalue weighted by Crippen LogP contribution is -2.22. The van der Waals surface area contributed by atoms with Crippen molar-refractivity contribution >= 4 is 38.7 Å². The van der Waals surface area contributed by atoms with Gasteiger partial charge in [0.2, 0.25) is 5.88 Å². The van der Waals surface area contributed by atoms with Crippen LogP contribution in [0.25, 0.3) is 10.9 Å². The Morgan fingerprint density at radius 3 is 2.68 bits per heavy atom. The van der Waals surface area contributed by atoms with Crippen molar-refractivity contribution in [3.8, 4) is 17.4 Å². The van der Waals surface area contributed by atoms with Crippen molar-refractivity contribution < 1.29 is 14.4 Å². The highest BCUT2D eigenvalue weighted by molar-refractivity contribution is 9.10. The van der Waals surface area contributed by atoms with Crippen molar-refractivity contribution in [3.63, 3.8) is 0 Å². The minimum Gasteiger partial charge on any atom is -0.490 e. The fourth-order valence-corrected chi connectivity index (χ4v) is 4.12. The number of aryl methyl sites for hydroxylation is 1. The fraction of sp³-hybridized carbons (Fsp3) is 0.185. The van der Waals surface area contributed by atoms with E-state index in [0.29, 0.717) is 53.2 Å². The van der Waals surface area contributed by atoms with E-state index >= 15 is 0 Å². The smallest absolute Gasteiger partial charge is 0.287 e. The third-order valence-corrected chi connectivity index (χ3v) is 5.96. The molecule has 2 aromatic heterocycles. The number of benzene rings is 2. The monoisotopic (exact) mass is 577 g/mol. The Morgan fingerprint density at radius 1 is 1.21 bits per heavy atom. The minimum atomic E-state index is -0.529. The summed E-state index contributed by atoms with van der Waals surface area (Å²) in [5, 5.41) is 15.9. The Morgan fingerprint density at radius 2 is 2.03 bits per heavy atom. The summed E-state index contributed by atoms with van der Waals surface area (Å²) in [4.78, 5) is 32.3. The molecule has 10 nitrogen and oxygen atoms in total. The van der Waals surface area contributed by atoms with E-state index in [1.165, 1.54) is 16.8 Å². The molecule has 0 radical (unpaired) electrons. The van der Waals surface area contributed by atoms with Crippen LogP contribution in [-0.4, -0.2) is 32.4 Å². The minimum absolute atomic E-state index is 0.141. The van der Waals surface area contributed by atoms with Gasteiger partial charge in [0.15, 0.2) is 11.5 Å². The zero-order valence-electron chi connectivity index (χ0n) is 20.8. The maximum atomic E-state index is 13.2. The normalized spacial score (nSPS) is 11.1. The average molecular weight is 578 g/mol. The first-order chi connectivity index (χ1) is 18.3. The van der Waals surface area contributed by atoms with E-state index < -0.39 is 4.92 Å². The maximum absolute atomic E-state index is 13.2. The molecule has 0 amide bonds. The predicted octanol–water partition coefficient (Wildman–Crippen LogP) is 5.83. The van der Waals surface area contributed by atoms with Crippen LogP contribution in [0.4, 0.5) is 5.69 Å². The molecule has 2 aromatic carbocycles. The van der Waals surface area contributed by atoms with Crippen LogP contribution in [0.15, 0.2) is 75.7 Å².